The van der Waals surface area contributed by atoms with E-state index in [1.807, 2.05) is 31.2 Å². The lowest BCUT2D eigenvalue weighted by Crippen LogP contribution is -2.28. The van der Waals surface area contributed by atoms with Crippen molar-refractivity contribution < 1.29 is 19.1 Å². The minimum absolute atomic E-state index is 0.0653. The molecular weight excluding hydrogens is 340 g/mol. The van der Waals surface area contributed by atoms with Crippen molar-refractivity contribution >= 4 is 28.2 Å². The first-order valence-electron chi connectivity index (χ1n) is 8.01. The number of aromatic nitrogens is 1. The average Bonchev–Trinajstić information content (AvgIpc) is 3.08. The number of hydrogen-bond acceptors (Lipinski definition) is 7. The van der Waals surface area contributed by atoms with Gasteiger partial charge in [-0.3, -0.25) is 4.79 Å². The van der Waals surface area contributed by atoms with Crippen LogP contribution in [0.15, 0.2) is 30.5 Å². The van der Waals surface area contributed by atoms with Gasteiger partial charge >= 0.3 is 5.97 Å². The van der Waals surface area contributed by atoms with Crippen molar-refractivity contribution in [2.24, 2.45) is 0 Å². The van der Waals surface area contributed by atoms with Crippen LogP contribution in [0.25, 0.3) is 10.4 Å². The lowest BCUT2D eigenvalue weighted by Gasteiger charge is -2.14. The lowest BCUT2D eigenvalue weighted by atomic mass is 10.1. The summed E-state index contributed by atoms with van der Waals surface area (Å²) in [5.74, 6) is -0.301. The highest BCUT2D eigenvalue weighted by Gasteiger charge is 2.19. The molecule has 1 aromatic carbocycles. The minimum Gasteiger partial charge on any atom is -0.467 e. The van der Waals surface area contributed by atoms with Crippen LogP contribution in [0.5, 0.6) is 0 Å². The summed E-state index contributed by atoms with van der Waals surface area (Å²) < 4.78 is 10.2. The van der Waals surface area contributed by atoms with Crippen molar-refractivity contribution in [3.63, 3.8) is 0 Å². The van der Waals surface area contributed by atoms with Gasteiger partial charge in [0.1, 0.15) is 5.78 Å². The number of methoxy groups -OCH3 is 1. The number of rotatable bonds is 9. The number of ketones is 1. The summed E-state index contributed by atoms with van der Waals surface area (Å²) >= 11 is 1.49. The van der Waals surface area contributed by atoms with E-state index in [0.717, 1.165) is 21.1 Å². The molecule has 134 valence electrons. The van der Waals surface area contributed by atoms with E-state index < -0.39 is 6.10 Å². The first-order valence-corrected chi connectivity index (χ1v) is 8.83. The van der Waals surface area contributed by atoms with Crippen LogP contribution in [0, 0.1) is 0 Å². The summed E-state index contributed by atoms with van der Waals surface area (Å²) in [7, 11) is 1.36. The number of nitrogens with one attached hydrogen (secondary N) is 1. The van der Waals surface area contributed by atoms with Crippen molar-refractivity contribution in [2.75, 3.05) is 25.6 Å². The highest BCUT2D eigenvalue weighted by Crippen LogP contribution is 2.29. The molecule has 0 amide bonds. The first kappa shape index (κ1) is 19.1. The van der Waals surface area contributed by atoms with Gasteiger partial charge in [0, 0.05) is 19.2 Å². The molecule has 1 atom stereocenters. The molecule has 1 aromatic heterocycles. The molecule has 2 rings (SSSR count). The van der Waals surface area contributed by atoms with Crippen LogP contribution < -0.4 is 5.32 Å². The smallest absolute Gasteiger partial charge is 0.335 e. The Kier molecular flexibility index (Phi) is 7.09. The van der Waals surface area contributed by atoms with Gasteiger partial charge in [0.25, 0.3) is 0 Å². The van der Waals surface area contributed by atoms with E-state index >= 15 is 0 Å². The lowest BCUT2D eigenvalue weighted by molar-refractivity contribution is -0.153. The molecule has 0 aliphatic heterocycles. The third-order valence-electron chi connectivity index (χ3n) is 3.49. The van der Waals surface area contributed by atoms with Gasteiger partial charge in [0.15, 0.2) is 11.2 Å². The maximum atomic E-state index is 11.7. The minimum atomic E-state index is -0.591. The molecule has 1 heterocycles. The van der Waals surface area contributed by atoms with Gasteiger partial charge in [0.05, 0.1) is 18.5 Å². The van der Waals surface area contributed by atoms with Crippen LogP contribution in [0.1, 0.15) is 19.4 Å². The fourth-order valence-electron chi connectivity index (χ4n) is 2.25. The molecule has 1 N–H and O–H groups in total. The topological polar surface area (TPSA) is 77.5 Å². The van der Waals surface area contributed by atoms with Gasteiger partial charge in [-0.15, -0.1) is 0 Å². The molecule has 0 aliphatic rings. The summed E-state index contributed by atoms with van der Waals surface area (Å²) in [4.78, 5) is 28.0. The predicted octanol–water partition coefficient (Wildman–Crippen LogP) is 2.93. The van der Waals surface area contributed by atoms with E-state index in [1.54, 1.807) is 6.20 Å². The second-order valence-corrected chi connectivity index (χ2v) is 6.48. The molecule has 0 saturated carbocycles. The number of ether oxygens (including phenoxy) is 2. The quantitative estimate of drug-likeness (QED) is 0.691. The first-order chi connectivity index (χ1) is 12.0. The number of carbonyl (C=O) groups excluding carboxylic acids is 2. The predicted molar refractivity (Wildman–Crippen MR) is 97.9 cm³/mol. The number of thiazole rings is 1. The zero-order valence-electron chi connectivity index (χ0n) is 14.6. The van der Waals surface area contributed by atoms with E-state index in [4.69, 9.17) is 9.47 Å². The van der Waals surface area contributed by atoms with Crippen LogP contribution in [-0.4, -0.2) is 43.1 Å². The van der Waals surface area contributed by atoms with Crippen LogP contribution in [0.3, 0.4) is 0 Å². The number of nitrogens with zero attached hydrogens (tertiary/aromatic N) is 1. The normalized spacial score (nSPS) is 11.8. The molecular formula is C18H22N2O4S. The van der Waals surface area contributed by atoms with Crippen LogP contribution in [0.2, 0.25) is 0 Å². The monoisotopic (exact) mass is 362 g/mol. The Labute approximate surface area is 151 Å². The molecule has 6 nitrogen and oxygen atoms in total. The van der Waals surface area contributed by atoms with Gasteiger partial charge in [-0.05, 0) is 25.0 Å². The third-order valence-corrected chi connectivity index (χ3v) is 4.49. The van der Waals surface area contributed by atoms with Gasteiger partial charge < -0.3 is 14.8 Å². The molecule has 7 heteroatoms. The fraction of sp³-hybridized carbons (Fsp3) is 0.389. The van der Waals surface area contributed by atoms with Crippen molar-refractivity contribution in [1.82, 2.24) is 4.98 Å². The van der Waals surface area contributed by atoms with E-state index in [9.17, 15) is 9.59 Å². The summed E-state index contributed by atoms with van der Waals surface area (Å²) in [5.41, 5.74) is 2.02. The maximum Gasteiger partial charge on any atom is 0.335 e. The molecule has 0 radical (unpaired) electrons. The van der Waals surface area contributed by atoms with E-state index in [2.05, 4.69) is 10.3 Å². The molecule has 0 bridgehead atoms. The van der Waals surface area contributed by atoms with Crippen molar-refractivity contribution in [3.05, 3.63) is 36.0 Å². The Morgan fingerprint density at radius 2 is 2.00 bits per heavy atom. The van der Waals surface area contributed by atoms with Crippen LogP contribution in [0.4, 0.5) is 5.13 Å². The molecule has 0 fully saturated rings. The van der Waals surface area contributed by atoms with Gasteiger partial charge in [0.2, 0.25) is 0 Å². The Hall–Kier alpha value is -2.25. The van der Waals surface area contributed by atoms with Crippen LogP contribution >= 0.6 is 11.3 Å². The molecule has 0 aliphatic carbocycles. The summed E-state index contributed by atoms with van der Waals surface area (Å²) in [6.45, 7) is 4.11. The zero-order valence-corrected chi connectivity index (χ0v) is 15.4. The fourth-order valence-corrected chi connectivity index (χ4v) is 3.07. The zero-order chi connectivity index (χ0) is 18.2. The van der Waals surface area contributed by atoms with Gasteiger partial charge in [-0.2, -0.15) is 0 Å². The molecule has 2 aromatic rings. The Morgan fingerprint density at radius 3 is 2.60 bits per heavy atom. The van der Waals surface area contributed by atoms with Crippen LogP contribution in [-0.2, 0) is 25.5 Å². The SMILES string of the molecule is CCO[C@@H](Cc1ccc(-c2cnc(NCC(C)=O)s2)cc1)C(=O)OC. The Morgan fingerprint density at radius 1 is 1.28 bits per heavy atom. The van der Waals surface area contributed by atoms with Crippen molar-refractivity contribution in [2.45, 2.75) is 26.4 Å². The number of anilines is 1. The van der Waals surface area contributed by atoms with Gasteiger partial charge in [-0.25, -0.2) is 9.78 Å². The third kappa shape index (κ3) is 5.65. The number of esters is 1. The Balaban J connectivity index is 2.04. The van der Waals surface area contributed by atoms with E-state index in [1.165, 1.54) is 25.4 Å². The number of benzene rings is 1. The highest BCUT2D eigenvalue weighted by atomic mass is 32.1. The average molecular weight is 362 g/mol. The number of hydrogen-bond donors (Lipinski definition) is 1. The Bertz CT molecular complexity index is 712. The highest BCUT2D eigenvalue weighted by molar-refractivity contribution is 7.18. The molecule has 25 heavy (non-hydrogen) atoms. The standard InChI is InChI=1S/C18H22N2O4S/c1-4-24-15(17(22)23-3)9-13-5-7-14(8-6-13)16-11-20-18(25-16)19-10-12(2)21/h5-8,11,15H,4,9-10H2,1-3H3,(H,19,20)/t15-/m0/s1. The summed E-state index contributed by atoms with van der Waals surface area (Å²) in [6.07, 6.45) is 1.65. The van der Waals surface area contributed by atoms with E-state index in [-0.39, 0.29) is 18.3 Å². The van der Waals surface area contributed by atoms with Crippen molar-refractivity contribution in [3.8, 4) is 10.4 Å². The second kappa shape index (κ2) is 9.29. The van der Waals surface area contributed by atoms with E-state index in [0.29, 0.717) is 13.0 Å². The maximum absolute atomic E-state index is 11.7. The summed E-state index contributed by atoms with van der Waals surface area (Å²) in [6, 6.07) is 7.90. The molecule has 0 unspecified atom stereocenters. The molecule has 0 spiro atoms. The van der Waals surface area contributed by atoms with Gasteiger partial charge in [-0.1, -0.05) is 35.6 Å². The summed E-state index contributed by atoms with van der Waals surface area (Å²) in [5, 5.41) is 3.71. The largest absolute Gasteiger partial charge is 0.467 e. The number of carbonyl (C=O) groups is 2. The second-order valence-electron chi connectivity index (χ2n) is 5.45. The van der Waals surface area contributed by atoms with Crippen molar-refractivity contribution in [1.29, 1.82) is 0 Å². The number of Topliss-reactive ketones (excluding diaryl/α,β-unsaturated/α-hetero) is 1. The molecule has 0 saturated heterocycles.